The van der Waals surface area contributed by atoms with Crippen LogP contribution in [0.25, 0.3) is 0 Å². The third kappa shape index (κ3) is 4.10. The van der Waals surface area contributed by atoms with Crippen LogP contribution in [0.2, 0.25) is 0 Å². The zero-order valence-electron chi connectivity index (χ0n) is 18.4. The van der Waals surface area contributed by atoms with Crippen molar-refractivity contribution in [2.75, 3.05) is 29.9 Å². The fourth-order valence-electron chi connectivity index (χ4n) is 4.19. The monoisotopic (exact) mass is 512 g/mol. The van der Waals surface area contributed by atoms with Crippen molar-refractivity contribution < 1.29 is 35.5 Å². The number of ether oxygens (including phenoxy) is 1. The maximum Gasteiger partial charge on any atom is 0.318 e. The molecule has 2 atom stereocenters. The Bertz CT molecular complexity index is 1420. The van der Waals surface area contributed by atoms with Crippen LogP contribution in [0.1, 0.15) is 16.4 Å². The lowest BCUT2D eigenvalue weighted by Gasteiger charge is -2.23. The zero-order chi connectivity index (χ0) is 25.1. The van der Waals surface area contributed by atoms with Crippen molar-refractivity contribution in [1.82, 2.24) is 19.5 Å². The predicted octanol–water partition coefficient (Wildman–Crippen LogP) is 1.56. The van der Waals surface area contributed by atoms with E-state index < -0.39 is 39.4 Å². The SMILES string of the molecule is Cc1nnc(N2CC3COc4c(cn(C)c4C(=O)Nc4cc(F)c(F)c(F)c4)S(=O)(=O)NC3C2)o1. The number of sulfonamides is 1. The standard InChI is InChI=1S/C20H19F3N6O5S/c1-9-25-26-20(34-9)29-5-10-8-33-18-15(35(31,32)27-14(10)6-29)7-28(2)17(18)19(30)24-11-3-12(21)16(23)13(22)4-11/h3-4,7,10,14,27H,5-6,8H2,1-2H3,(H,24,30). The van der Waals surface area contributed by atoms with Crippen LogP contribution in [0, 0.1) is 30.3 Å². The first-order chi connectivity index (χ1) is 16.5. The number of carbonyl (C=O) groups is 1. The minimum Gasteiger partial charge on any atom is -0.489 e. The highest BCUT2D eigenvalue weighted by Crippen LogP contribution is 2.35. The molecule has 3 aromatic rings. The lowest BCUT2D eigenvalue weighted by atomic mass is 10.1. The molecule has 0 bridgehead atoms. The third-order valence-corrected chi connectivity index (χ3v) is 7.31. The molecule has 0 aliphatic carbocycles. The highest BCUT2D eigenvalue weighted by atomic mass is 32.2. The summed E-state index contributed by atoms with van der Waals surface area (Å²) in [6.45, 7) is 2.31. The van der Waals surface area contributed by atoms with Gasteiger partial charge in [-0.3, -0.25) is 4.79 Å². The molecule has 2 aliphatic rings. The molecule has 11 nitrogen and oxygen atoms in total. The van der Waals surface area contributed by atoms with Gasteiger partial charge in [0, 0.05) is 63.0 Å². The maximum absolute atomic E-state index is 13.6. The lowest BCUT2D eigenvalue weighted by Crippen LogP contribution is -2.43. The number of anilines is 2. The molecule has 35 heavy (non-hydrogen) atoms. The van der Waals surface area contributed by atoms with E-state index in [1.54, 1.807) is 11.8 Å². The van der Waals surface area contributed by atoms with Crippen molar-refractivity contribution in [3.05, 3.63) is 47.4 Å². The van der Waals surface area contributed by atoms with Crippen LogP contribution in [0.15, 0.2) is 27.6 Å². The van der Waals surface area contributed by atoms with Crippen molar-refractivity contribution in [1.29, 1.82) is 0 Å². The van der Waals surface area contributed by atoms with Crippen molar-refractivity contribution in [2.45, 2.75) is 17.9 Å². The zero-order valence-corrected chi connectivity index (χ0v) is 19.2. The number of nitrogens with one attached hydrogen (secondary N) is 2. The van der Waals surface area contributed by atoms with Crippen molar-refractivity contribution in [3.8, 4) is 5.75 Å². The molecular weight excluding hydrogens is 493 g/mol. The largest absolute Gasteiger partial charge is 0.489 e. The van der Waals surface area contributed by atoms with E-state index in [2.05, 4.69) is 20.2 Å². The van der Waals surface area contributed by atoms with Gasteiger partial charge in [-0.1, -0.05) is 5.10 Å². The summed E-state index contributed by atoms with van der Waals surface area (Å²) in [7, 11) is -2.70. The van der Waals surface area contributed by atoms with E-state index in [1.807, 2.05) is 0 Å². The van der Waals surface area contributed by atoms with Gasteiger partial charge in [0.25, 0.3) is 5.91 Å². The second-order valence-corrected chi connectivity index (χ2v) is 9.98. The summed E-state index contributed by atoms with van der Waals surface area (Å²) in [6, 6.07) is 0.951. The lowest BCUT2D eigenvalue weighted by molar-refractivity contribution is 0.101. The highest BCUT2D eigenvalue weighted by Gasteiger charge is 2.42. The van der Waals surface area contributed by atoms with E-state index in [-0.39, 0.29) is 47.1 Å². The van der Waals surface area contributed by atoms with Gasteiger partial charge in [0.2, 0.25) is 15.9 Å². The van der Waals surface area contributed by atoms with Gasteiger partial charge in [0.15, 0.2) is 28.9 Å². The Morgan fingerprint density at radius 1 is 1.20 bits per heavy atom. The second-order valence-electron chi connectivity index (χ2n) is 8.30. The molecule has 2 aromatic heterocycles. The number of nitrogens with zero attached hydrogens (tertiary/aromatic N) is 4. The van der Waals surface area contributed by atoms with Crippen LogP contribution < -0.4 is 19.7 Å². The number of halogens is 3. The quantitative estimate of drug-likeness (QED) is 0.506. The van der Waals surface area contributed by atoms with Crippen molar-refractivity contribution in [3.63, 3.8) is 0 Å². The molecule has 1 amide bonds. The number of fused-ring (bicyclic) bond motifs is 2. The number of rotatable bonds is 3. The molecule has 186 valence electrons. The van der Waals surface area contributed by atoms with E-state index in [0.717, 1.165) is 0 Å². The topological polar surface area (TPSA) is 132 Å². The van der Waals surface area contributed by atoms with E-state index in [1.165, 1.54) is 17.8 Å². The Morgan fingerprint density at radius 2 is 1.91 bits per heavy atom. The smallest absolute Gasteiger partial charge is 0.318 e. The normalized spacial score (nSPS) is 21.0. The number of aromatic nitrogens is 3. The molecule has 5 rings (SSSR count). The summed E-state index contributed by atoms with van der Waals surface area (Å²) in [5.74, 6) is -5.72. The van der Waals surface area contributed by atoms with Gasteiger partial charge in [-0.25, -0.2) is 26.3 Å². The molecule has 2 N–H and O–H groups in total. The van der Waals surface area contributed by atoms with Crippen LogP contribution in [0.3, 0.4) is 0 Å². The Labute approximate surface area is 196 Å². The summed E-state index contributed by atoms with van der Waals surface area (Å²) in [4.78, 5) is 14.4. The number of benzene rings is 1. The summed E-state index contributed by atoms with van der Waals surface area (Å²) < 4.78 is 81.8. The van der Waals surface area contributed by atoms with Crippen LogP contribution in [-0.4, -0.2) is 54.8 Å². The molecule has 0 radical (unpaired) electrons. The van der Waals surface area contributed by atoms with E-state index >= 15 is 0 Å². The number of hydrogen-bond donors (Lipinski definition) is 2. The maximum atomic E-state index is 13.6. The van der Waals surface area contributed by atoms with Gasteiger partial charge in [-0.2, -0.15) is 0 Å². The molecule has 1 saturated heterocycles. The number of aryl methyl sites for hydroxylation is 2. The summed E-state index contributed by atoms with van der Waals surface area (Å²) in [6.07, 6.45) is 1.20. The molecule has 2 aliphatic heterocycles. The first kappa shape index (κ1) is 23.2. The van der Waals surface area contributed by atoms with Crippen molar-refractivity contribution >= 4 is 27.6 Å². The number of amides is 1. The molecule has 15 heteroatoms. The molecular formula is C20H19F3N6O5S. The minimum atomic E-state index is -4.12. The molecule has 2 unspecified atom stereocenters. The van der Waals surface area contributed by atoms with Gasteiger partial charge in [0.1, 0.15) is 4.90 Å². The first-order valence-electron chi connectivity index (χ1n) is 10.4. The summed E-state index contributed by atoms with van der Waals surface area (Å²) >= 11 is 0. The molecule has 0 saturated carbocycles. The fourth-order valence-corrected chi connectivity index (χ4v) is 5.67. The predicted molar refractivity (Wildman–Crippen MR) is 114 cm³/mol. The van der Waals surface area contributed by atoms with Crippen LogP contribution >= 0.6 is 0 Å². The van der Waals surface area contributed by atoms with Crippen LogP contribution in [-0.2, 0) is 17.1 Å². The summed E-state index contributed by atoms with van der Waals surface area (Å²) in [5.41, 5.74) is -0.550. The average molecular weight is 512 g/mol. The Hall–Kier alpha value is -3.59. The van der Waals surface area contributed by atoms with Crippen LogP contribution in [0.4, 0.5) is 24.9 Å². The third-order valence-electron chi connectivity index (χ3n) is 5.82. The molecule has 1 aromatic carbocycles. The van der Waals surface area contributed by atoms with Gasteiger partial charge < -0.3 is 23.9 Å². The van der Waals surface area contributed by atoms with Crippen LogP contribution in [0.5, 0.6) is 5.75 Å². The molecule has 4 heterocycles. The Morgan fingerprint density at radius 3 is 2.57 bits per heavy atom. The second kappa shape index (κ2) is 8.27. The van der Waals surface area contributed by atoms with E-state index in [4.69, 9.17) is 9.15 Å². The van der Waals surface area contributed by atoms with Gasteiger partial charge in [0.05, 0.1) is 6.61 Å². The number of hydrogen-bond acceptors (Lipinski definition) is 8. The van der Waals surface area contributed by atoms with Gasteiger partial charge >= 0.3 is 6.01 Å². The first-order valence-corrected chi connectivity index (χ1v) is 11.9. The molecule has 0 spiro atoms. The van der Waals surface area contributed by atoms with Crippen molar-refractivity contribution in [2.24, 2.45) is 13.0 Å². The Kier molecular flexibility index (Phi) is 5.47. The highest BCUT2D eigenvalue weighted by molar-refractivity contribution is 7.89. The molecule has 1 fully saturated rings. The van der Waals surface area contributed by atoms with Gasteiger partial charge in [-0.05, 0) is 0 Å². The average Bonchev–Trinajstić information content (AvgIpc) is 3.46. The van der Waals surface area contributed by atoms with Gasteiger partial charge in [-0.15, -0.1) is 5.10 Å². The van der Waals surface area contributed by atoms with E-state index in [9.17, 15) is 26.4 Å². The number of carbonyl (C=O) groups excluding carboxylic acids is 1. The Balaban J connectivity index is 1.44. The minimum absolute atomic E-state index is 0.0495. The fraction of sp³-hybridized carbons (Fsp3) is 0.350. The van der Waals surface area contributed by atoms with E-state index in [0.29, 0.717) is 24.6 Å². The summed E-state index contributed by atoms with van der Waals surface area (Å²) in [5, 5.41) is 10.00.